The number of aromatic nitrogens is 2. The number of nitrogens with two attached hydrogens (primary N) is 1. The van der Waals surface area contributed by atoms with Crippen molar-refractivity contribution in [1.29, 1.82) is 0 Å². The van der Waals surface area contributed by atoms with Crippen LogP contribution >= 0.6 is 0 Å². The van der Waals surface area contributed by atoms with Gasteiger partial charge in [0.25, 0.3) is 0 Å². The highest BCUT2D eigenvalue weighted by atomic mass is 19.1. The molecule has 0 unspecified atom stereocenters. The highest BCUT2D eigenvalue weighted by Gasteiger charge is 2.34. The second-order valence-electron chi connectivity index (χ2n) is 6.44. The van der Waals surface area contributed by atoms with E-state index in [9.17, 15) is 9.18 Å². The number of hydrogen-bond acceptors (Lipinski definition) is 2. The van der Waals surface area contributed by atoms with Crippen LogP contribution in [0.5, 0.6) is 0 Å². The van der Waals surface area contributed by atoms with Crippen molar-refractivity contribution in [1.82, 2.24) is 9.97 Å². The summed E-state index contributed by atoms with van der Waals surface area (Å²) in [6.07, 6.45) is 0. The first-order valence-electron chi connectivity index (χ1n) is 8.30. The molecule has 1 aliphatic rings. The summed E-state index contributed by atoms with van der Waals surface area (Å²) in [5.41, 5.74) is 11.6. The zero-order chi connectivity index (χ0) is 17.8. The van der Waals surface area contributed by atoms with Gasteiger partial charge in [-0.3, -0.25) is 4.79 Å². The van der Waals surface area contributed by atoms with Crippen LogP contribution < -0.4 is 5.73 Å². The van der Waals surface area contributed by atoms with Crippen molar-refractivity contribution < 1.29 is 9.18 Å². The molecular formula is C21H14FN3O. The van der Waals surface area contributed by atoms with E-state index in [-0.39, 0.29) is 11.7 Å². The van der Waals surface area contributed by atoms with Gasteiger partial charge in [-0.15, -0.1) is 0 Å². The van der Waals surface area contributed by atoms with Crippen molar-refractivity contribution in [2.24, 2.45) is 5.73 Å². The van der Waals surface area contributed by atoms with E-state index in [2.05, 4.69) is 9.97 Å². The largest absolute Gasteiger partial charge is 0.369 e. The standard InChI is InChI=1S/C21H14FN3O/c22-11-8-9-16-17(10-11)25-21(24-16)15-7-3-6-14-18(15)12-4-1-2-5-13(12)19(14)20(23)26/h1-10,19H,(H2,23,26)(H,24,25)/t19-/m1/s1. The number of aromatic amines is 1. The van der Waals surface area contributed by atoms with E-state index >= 15 is 0 Å². The molecule has 3 aromatic carbocycles. The van der Waals surface area contributed by atoms with Crippen LogP contribution in [0.2, 0.25) is 0 Å². The van der Waals surface area contributed by atoms with Crippen LogP contribution in [0.15, 0.2) is 60.7 Å². The molecule has 126 valence electrons. The minimum absolute atomic E-state index is 0.315. The topological polar surface area (TPSA) is 71.8 Å². The first kappa shape index (κ1) is 14.8. The van der Waals surface area contributed by atoms with E-state index in [1.54, 1.807) is 6.07 Å². The predicted molar refractivity (Wildman–Crippen MR) is 98.0 cm³/mol. The minimum Gasteiger partial charge on any atom is -0.369 e. The third-order valence-electron chi connectivity index (χ3n) is 4.93. The number of amides is 1. The normalized spacial score (nSPS) is 15.0. The van der Waals surface area contributed by atoms with Crippen LogP contribution in [0.25, 0.3) is 33.5 Å². The number of halogens is 1. The molecule has 1 heterocycles. The molecule has 0 saturated carbocycles. The fraction of sp³-hybridized carbons (Fsp3) is 0.0476. The van der Waals surface area contributed by atoms with E-state index in [1.165, 1.54) is 12.1 Å². The van der Waals surface area contributed by atoms with Gasteiger partial charge in [-0.25, -0.2) is 9.37 Å². The van der Waals surface area contributed by atoms with Crippen LogP contribution in [0.4, 0.5) is 4.39 Å². The van der Waals surface area contributed by atoms with Crippen molar-refractivity contribution >= 4 is 16.9 Å². The van der Waals surface area contributed by atoms with Crippen LogP contribution in [0, 0.1) is 5.82 Å². The molecule has 0 spiro atoms. The molecule has 0 aliphatic heterocycles. The number of benzene rings is 3. The summed E-state index contributed by atoms with van der Waals surface area (Å²) in [5.74, 6) is -0.518. The van der Waals surface area contributed by atoms with Gasteiger partial charge in [-0.2, -0.15) is 0 Å². The number of H-pyrrole nitrogens is 1. The van der Waals surface area contributed by atoms with Gasteiger partial charge in [0.2, 0.25) is 5.91 Å². The average molecular weight is 343 g/mol. The van der Waals surface area contributed by atoms with E-state index in [1.807, 2.05) is 42.5 Å². The van der Waals surface area contributed by atoms with Crippen LogP contribution in [-0.2, 0) is 4.79 Å². The maximum atomic E-state index is 13.5. The molecule has 1 aliphatic carbocycles. The molecule has 1 amide bonds. The highest BCUT2D eigenvalue weighted by molar-refractivity contribution is 6.00. The summed E-state index contributed by atoms with van der Waals surface area (Å²) < 4.78 is 13.5. The summed E-state index contributed by atoms with van der Waals surface area (Å²) in [6.45, 7) is 0. The fourth-order valence-electron chi connectivity index (χ4n) is 3.87. The van der Waals surface area contributed by atoms with Crippen LogP contribution in [-0.4, -0.2) is 15.9 Å². The fourth-order valence-corrected chi connectivity index (χ4v) is 3.87. The Morgan fingerprint density at radius 3 is 2.62 bits per heavy atom. The first-order valence-corrected chi connectivity index (χ1v) is 8.30. The van der Waals surface area contributed by atoms with Gasteiger partial charge in [-0.1, -0.05) is 42.5 Å². The van der Waals surface area contributed by atoms with E-state index < -0.39 is 5.92 Å². The second kappa shape index (κ2) is 5.26. The number of rotatable bonds is 2. The molecule has 0 bridgehead atoms. The van der Waals surface area contributed by atoms with Gasteiger partial charge in [0, 0.05) is 5.56 Å². The summed E-state index contributed by atoms with van der Waals surface area (Å²) in [6, 6.07) is 18.0. The third-order valence-corrected chi connectivity index (χ3v) is 4.93. The lowest BCUT2D eigenvalue weighted by molar-refractivity contribution is -0.118. The predicted octanol–water partition coefficient (Wildman–Crippen LogP) is 3.97. The van der Waals surface area contributed by atoms with Gasteiger partial charge in [0.05, 0.1) is 17.0 Å². The number of carbonyl (C=O) groups is 1. The van der Waals surface area contributed by atoms with Gasteiger partial charge < -0.3 is 10.7 Å². The van der Waals surface area contributed by atoms with Crippen molar-refractivity contribution in [3.05, 3.63) is 77.6 Å². The Morgan fingerprint density at radius 2 is 1.77 bits per heavy atom. The van der Waals surface area contributed by atoms with Crippen molar-refractivity contribution in [2.75, 3.05) is 0 Å². The Kier molecular flexibility index (Phi) is 3.00. The molecular weight excluding hydrogens is 329 g/mol. The quantitative estimate of drug-likeness (QED) is 0.578. The Labute approximate surface area is 148 Å². The number of hydrogen-bond donors (Lipinski definition) is 2. The van der Waals surface area contributed by atoms with Crippen LogP contribution in [0.1, 0.15) is 17.0 Å². The molecule has 0 radical (unpaired) electrons. The monoisotopic (exact) mass is 343 g/mol. The maximum absolute atomic E-state index is 13.5. The number of nitrogens with zero attached hydrogens (tertiary/aromatic N) is 1. The van der Waals surface area contributed by atoms with Crippen LogP contribution in [0.3, 0.4) is 0 Å². The van der Waals surface area contributed by atoms with Crippen molar-refractivity contribution in [3.8, 4) is 22.5 Å². The zero-order valence-corrected chi connectivity index (χ0v) is 13.7. The summed E-state index contributed by atoms with van der Waals surface area (Å²) in [7, 11) is 0. The summed E-state index contributed by atoms with van der Waals surface area (Å²) in [5, 5.41) is 0. The van der Waals surface area contributed by atoms with Crippen molar-refractivity contribution in [2.45, 2.75) is 5.92 Å². The van der Waals surface area contributed by atoms with Crippen molar-refractivity contribution in [3.63, 3.8) is 0 Å². The van der Waals surface area contributed by atoms with Gasteiger partial charge >= 0.3 is 0 Å². The smallest absolute Gasteiger partial charge is 0.229 e. The number of nitrogens with one attached hydrogen (secondary N) is 1. The second-order valence-corrected chi connectivity index (χ2v) is 6.44. The summed E-state index contributed by atoms with van der Waals surface area (Å²) >= 11 is 0. The Hall–Kier alpha value is -3.47. The average Bonchev–Trinajstić information content (AvgIpc) is 3.19. The molecule has 3 N–H and O–H groups in total. The maximum Gasteiger partial charge on any atom is 0.229 e. The molecule has 4 nitrogen and oxygen atoms in total. The Bertz CT molecular complexity index is 1200. The Morgan fingerprint density at radius 1 is 1.00 bits per heavy atom. The number of imidazole rings is 1. The molecule has 5 heteroatoms. The third kappa shape index (κ3) is 2.00. The Balaban J connectivity index is 1.80. The molecule has 0 fully saturated rings. The van der Waals surface area contributed by atoms with E-state index in [0.717, 1.165) is 27.8 Å². The number of carbonyl (C=O) groups excluding carboxylic acids is 1. The highest BCUT2D eigenvalue weighted by Crippen LogP contribution is 2.48. The van der Waals surface area contributed by atoms with E-state index in [0.29, 0.717) is 16.9 Å². The lowest BCUT2D eigenvalue weighted by Crippen LogP contribution is -2.20. The number of fused-ring (bicyclic) bond motifs is 4. The van der Waals surface area contributed by atoms with Gasteiger partial charge in [0.15, 0.2) is 0 Å². The van der Waals surface area contributed by atoms with Gasteiger partial charge in [0.1, 0.15) is 11.6 Å². The lowest BCUT2D eigenvalue weighted by atomic mass is 9.95. The molecule has 4 aromatic rings. The molecule has 5 rings (SSSR count). The molecule has 0 saturated heterocycles. The first-order chi connectivity index (χ1) is 12.6. The molecule has 1 atom stereocenters. The number of primary amides is 1. The molecule has 26 heavy (non-hydrogen) atoms. The summed E-state index contributed by atoms with van der Waals surface area (Å²) in [4.78, 5) is 19.9. The SMILES string of the molecule is NC(=O)[C@@H]1c2ccccc2-c2c(-c3nc4ccc(F)cc4[nH]3)cccc21. The van der Waals surface area contributed by atoms with E-state index in [4.69, 9.17) is 5.73 Å². The minimum atomic E-state index is -0.469. The lowest BCUT2D eigenvalue weighted by Gasteiger charge is -2.09. The zero-order valence-electron chi connectivity index (χ0n) is 13.7. The van der Waals surface area contributed by atoms with Gasteiger partial charge in [-0.05, 0) is 40.5 Å². The molecule has 1 aromatic heterocycles.